The summed E-state index contributed by atoms with van der Waals surface area (Å²) in [6, 6.07) is 0. The fourth-order valence-electron chi connectivity index (χ4n) is 10.2. The number of carboxylic acid groups (broad SMARTS) is 1. The van der Waals surface area contributed by atoms with Gasteiger partial charge in [-0.25, -0.2) is 0 Å². The lowest BCUT2D eigenvalue weighted by molar-refractivity contribution is -0.186. The molecule has 0 amide bonds. The molecule has 0 heterocycles. The largest absolute Gasteiger partial charge is 0.481 e. The summed E-state index contributed by atoms with van der Waals surface area (Å²) < 4.78 is -0.146. The summed E-state index contributed by atoms with van der Waals surface area (Å²) in [6.07, 6.45) is 9.75. The molecule has 196 valence electrons. The predicted molar refractivity (Wildman–Crippen MR) is 146 cm³/mol. The Labute approximate surface area is 225 Å². The van der Waals surface area contributed by atoms with E-state index in [0.29, 0.717) is 6.42 Å². The van der Waals surface area contributed by atoms with Crippen LogP contribution in [0.3, 0.4) is 0 Å². The van der Waals surface area contributed by atoms with E-state index < -0.39 is 11.4 Å². The van der Waals surface area contributed by atoms with Crippen molar-refractivity contribution in [3.63, 3.8) is 0 Å². The minimum absolute atomic E-state index is 0.0695. The van der Waals surface area contributed by atoms with Crippen LogP contribution in [0.15, 0.2) is 11.6 Å². The van der Waals surface area contributed by atoms with Crippen LogP contribution in [-0.4, -0.2) is 31.5 Å². The maximum absolute atomic E-state index is 14.3. The highest BCUT2D eigenvalue weighted by atomic mass is 127. The molecule has 0 aromatic carbocycles. The monoisotopic (exact) mass is 596 g/mol. The van der Waals surface area contributed by atoms with E-state index in [9.17, 15) is 19.8 Å². The summed E-state index contributed by atoms with van der Waals surface area (Å²) >= 11 is 2.65. The molecule has 4 fully saturated rings. The Balaban J connectivity index is 1.65. The first-order valence-electron chi connectivity index (χ1n) is 13.8. The van der Waals surface area contributed by atoms with Crippen LogP contribution in [0.4, 0.5) is 0 Å². The average Bonchev–Trinajstić information content (AvgIpc) is 2.76. The number of alkyl halides is 1. The Morgan fingerprint density at radius 1 is 0.914 bits per heavy atom. The van der Waals surface area contributed by atoms with E-state index in [2.05, 4.69) is 64.1 Å². The molecule has 0 aromatic rings. The lowest BCUT2D eigenvalue weighted by Gasteiger charge is -2.73. The lowest BCUT2D eigenvalue weighted by atomic mass is 9.33. The molecule has 0 spiro atoms. The lowest BCUT2D eigenvalue weighted by Crippen LogP contribution is -2.72. The second kappa shape index (κ2) is 7.36. The van der Waals surface area contributed by atoms with Crippen LogP contribution in [0.1, 0.15) is 106 Å². The van der Waals surface area contributed by atoms with Gasteiger partial charge < -0.3 is 10.2 Å². The molecule has 35 heavy (non-hydrogen) atoms. The van der Waals surface area contributed by atoms with Crippen molar-refractivity contribution in [1.82, 2.24) is 0 Å². The zero-order valence-corrected chi connectivity index (χ0v) is 24.9. The van der Waals surface area contributed by atoms with E-state index in [0.717, 1.165) is 51.4 Å². The normalized spacial score (nSPS) is 55.1. The zero-order valence-electron chi connectivity index (χ0n) is 22.8. The summed E-state index contributed by atoms with van der Waals surface area (Å²) in [7, 11) is 0. The van der Waals surface area contributed by atoms with Gasteiger partial charge in [0.1, 0.15) is 0 Å². The molecule has 1 unspecified atom stereocenters. The van der Waals surface area contributed by atoms with Crippen molar-refractivity contribution in [2.45, 2.75) is 116 Å². The summed E-state index contributed by atoms with van der Waals surface area (Å²) in [5.74, 6) is -0.342. The molecule has 4 saturated carbocycles. The number of ketones is 1. The predicted octanol–water partition coefficient (Wildman–Crippen LogP) is 6.97. The third-order valence-electron chi connectivity index (χ3n) is 13.3. The summed E-state index contributed by atoms with van der Waals surface area (Å²) in [6.45, 7) is 15.8. The standard InChI is InChI=1S/C30H45IO4/c1-24(2)21(33)8-9-29(7)22-20(32)16-18-19-17-26(4,23(34)35)11-10-25(19,3)12-13-27(18,5)28(22,6)14-15-30(24,29)31/h16,19,21-22,33H,8-15,17H2,1-7H3,(H,34,35)/t19-,21-,22-,25+,26-,27+,28+,29+,30?/m0/s1. The third kappa shape index (κ3) is 2.95. The van der Waals surface area contributed by atoms with Gasteiger partial charge in [0.2, 0.25) is 0 Å². The number of carbonyl (C=O) groups excluding carboxylic acids is 1. The minimum Gasteiger partial charge on any atom is -0.481 e. The first-order valence-corrected chi connectivity index (χ1v) is 14.9. The van der Waals surface area contributed by atoms with Crippen molar-refractivity contribution in [2.24, 2.45) is 44.3 Å². The van der Waals surface area contributed by atoms with Crippen LogP contribution in [0, 0.1) is 44.3 Å². The molecule has 9 atom stereocenters. The quantitative estimate of drug-likeness (QED) is 0.253. The fraction of sp³-hybridized carbons (Fsp3) is 0.867. The van der Waals surface area contributed by atoms with Crippen LogP contribution < -0.4 is 0 Å². The Hall–Kier alpha value is -0.430. The van der Waals surface area contributed by atoms with Crippen LogP contribution in [0.2, 0.25) is 0 Å². The van der Waals surface area contributed by atoms with Gasteiger partial charge in [-0.1, -0.05) is 69.7 Å². The van der Waals surface area contributed by atoms with E-state index in [1.54, 1.807) is 0 Å². The topological polar surface area (TPSA) is 74.6 Å². The van der Waals surface area contributed by atoms with Crippen molar-refractivity contribution >= 4 is 34.3 Å². The van der Waals surface area contributed by atoms with E-state index in [1.807, 2.05) is 13.0 Å². The van der Waals surface area contributed by atoms with Gasteiger partial charge in [-0.15, -0.1) is 0 Å². The molecule has 0 bridgehead atoms. The fourth-order valence-corrected chi connectivity index (χ4v) is 11.4. The Morgan fingerprint density at radius 2 is 1.54 bits per heavy atom. The third-order valence-corrected chi connectivity index (χ3v) is 16.4. The molecular weight excluding hydrogens is 551 g/mol. The van der Waals surface area contributed by atoms with Gasteiger partial charge in [0.25, 0.3) is 0 Å². The smallest absolute Gasteiger partial charge is 0.309 e. The first-order chi connectivity index (χ1) is 15.9. The zero-order chi connectivity index (χ0) is 26.0. The number of hydrogen-bond acceptors (Lipinski definition) is 3. The van der Waals surface area contributed by atoms with Gasteiger partial charge in [-0.3, -0.25) is 9.59 Å². The molecule has 0 saturated heterocycles. The summed E-state index contributed by atoms with van der Waals surface area (Å²) in [4.78, 5) is 26.6. The van der Waals surface area contributed by atoms with Crippen molar-refractivity contribution in [3.8, 4) is 0 Å². The van der Waals surface area contributed by atoms with Crippen LogP contribution in [0.25, 0.3) is 0 Å². The van der Waals surface area contributed by atoms with Crippen molar-refractivity contribution in [2.75, 3.05) is 0 Å². The van der Waals surface area contributed by atoms with Gasteiger partial charge in [-0.2, -0.15) is 0 Å². The number of aliphatic carboxylic acids is 1. The van der Waals surface area contributed by atoms with Gasteiger partial charge in [-0.05, 0) is 98.4 Å². The minimum atomic E-state index is -0.719. The highest BCUT2D eigenvalue weighted by Gasteiger charge is 2.74. The average molecular weight is 597 g/mol. The number of carbonyl (C=O) groups is 2. The highest BCUT2D eigenvalue weighted by molar-refractivity contribution is 14.1. The SMILES string of the molecule is CC1(C)[C@@H](O)CC[C@]2(C)[C@H]3C(=O)C=C4[C@@H]5C[C@@](C)(C(=O)O)CC[C@]5(C)CC[C@@]4(C)[C@]3(C)CCC12I. The number of fused-ring (bicyclic) bond motifs is 7. The second-order valence-electron chi connectivity index (χ2n) is 15.0. The van der Waals surface area contributed by atoms with E-state index in [1.165, 1.54) is 5.57 Å². The molecule has 5 rings (SSSR count). The number of aliphatic hydroxyl groups is 1. The maximum atomic E-state index is 14.3. The number of carboxylic acids is 1. The molecule has 5 aliphatic rings. The summed E-state index contributed by atoms with van der Waals surface area (Å²) in [5, 5.41) is 21.1. The van der Waals surface area contributed by atoms with Gasteiger partial charge in [0.15, 0.2) is 5.78 Å². The van der Waals surface area contributed by atoms with Crippen molar-refractivity contribution < 1.29 is 19.8 Å². The van der Waals surface area contributed by atoms with E-state index >= 15 is 0 Å². The Kier molecular flexibility index (Phi) is 5.51. The molecule has 2 N–H and O–H groups in total. The van der Waals surface area contributed by atoms with Crippen molar-refractivity contribution in [1.29, 1.82) is 0 Å². The van der Waals surface area contributed by atoms with Gasteiger partial charge in [0.05, 0.1) is 11.5 Å². The van der Waals surface area contributed by atoms with Crippen LogP contribution in [-0.2, 0) is 9.59 Å². The van der Waals surface area contributed by atoms with Crippen LogP contribution >= 0.6 is 22.6 Å². The highest BCUT2D eigenvalue weighted by Crippen LogP contribution is 2.77. The number of hydrogen-bond donors (Lipinski definition) is 2. The molecular formula is C30H45IO4. The molecule has 5 aliphatic carbocycles. The molecule has 4 nitrogen and oxygen atoms in total. The Morgan fingerprint density at radius 3 is 2.17 bits per heavy atom. The van der Waals surface area contributed by atoms with Gasteiger partial charge in [0, 0.05) is 14.8 Å². The molecule has 5 heteroatoms. The van der Waals surface area contributed by atoms with Gasteiger partial charge >= 0.3 is 5.97 Å². The number of rotatable bonds is 1. The molecule has 0 radical (unpaired) electrons. The molecule has 0 aromatic heterocycles. The Bertz CT molecular complexity index is 1020. The number of halogens is 1. The van der Waals surface area contributed by atoms with Crippen molar-refractivity contribution in [3.05, 3.63) is 11.6 Å². The second-order valence-corrected chi connectivity index (χ2v) is 16.8. The maximum Gasteiger partial charge on any atom is 0.309 e. The van der Waals surface area contributed by atoms with E-state index in [-0.39, 0.29) is 54.2 Å². The van der Waals surface area contributed by atoms with Crippen LogP contribution in [0.5, 0.6) is 0 Å². The van der Waals surface area contributed by atoms with E-state index in [4.69, 9.17) is 0 Å². The number of allylic oxidation sites excluding steroid dienone is 2. The number of aliphatic hydroxyl groups excluding tert-OH is 1. The first kappa shape index (κ1) is 26.2. The molecule has 0 aliphatic heterocycles. The summed E-state index contributed by atoms with van der Waals surface area (Å²) in [5.41, 5.74) is -0.0846.